The number of carbonyl (C=O) groups is 2. The maximum absolute atomic E-state index is 12.4. The second kappa shape index (κ2) is 8.77. The molecule has 0 radical (unpaired) electrons. The molecule has 1 aromatic heterocycles. The molecule has 0 spiro atoms. The monoisotopic (exact) mass is 375 g/mol. The molecule has 0 bridgehead atoms. The fraction of sp³-hybridized carbons (Fsp3) is 0.143. The van der Waals surface area contributed by atoms with Gasteiger partial charge in [0.15, 0.2) is 0 Å². The van der Waals surface area contributed by atoms with Crippen LogP contribution in [0.25, 0.3) is 0 Å². The van der Waals surface area contributed by atoms with Crippen molar-refractivity contribution < 1.29 is 9.59 Å². The Morgan fingerprint density at radius 1 is 0.964 bits per heavy atom. The van der Waals surface area contributed by atoms with Gasteiger partial charge in [-0.1, -0.05) is 30.3 Å². The van der Waals surface area contributed by atoms with Gasteiger partial charge in [-0.2, -0.15) is 0 Å². The van der Waals surface area contributed by atoms with Crippen LogP contribution in [0.15, 0.2) is 60.9 Å². The van der Waals surface area contributed by atoms with E-state index in [0.29, 0.717) is 18.1 Å². The van der Waals surface area contributed by atoms with Crippen LogP contribution in [0.1, 0.15) is 28.5 Å². The molecule has 1 heterocycles. The summed E-state index contributed by atoms with van der Waals surface area (Å²) in [5.74, 6) is 0.0588. The summed E-state index contributed by atoms with van der Waals surface area (Å²) in [6, 6.07) is 16.7. The lowest BCUT2D eigenvalue weighted by atomic mass is 10.1. The lowest BCUT2D eigenvalue weighted by Gasteiger charge is -2.10. The van der Waals surface area contributed by atoms with Gasteiger partial charge in [0.25, 0.3) is 5.91 Å². The van der Waals surface area contributed by atoms with E-state index >= 15 is 0 Å². The maximum Gasteiger partial charge on any atom is 0.270 e. The van der Waals surface area contributed by atoms with Gasteiger partial charge in [0.2, 0.25) is 5.91 Å². The molecule has 0 saturated heterocycles. The smallest absolute Gasteiger partial charge is 0.270 e. The first kappa shape index (κ1) is 19.0. The number of aryl methyl sites for hydroxylation is 1. The quantitative estimate of drug-likeness (QED) is 0.613. The average molecular weight is 375 g/mol. The molecule has 0 atom stereocenters. The van der Waals surface area contributed by atoms with Crippen LogP contribution in [0.2, 0.25) is 0 Å². The van der Waals surface area contributed by atoms with Crippen LogP contribution in [0.4, 0.5) is 17.2 Å². The van der Waals surface area contributed by atoms with Crippen molar-refractivity contribution in [1.82, 2.24) is 15.3 Å². The zero-order chi connectivity index (χ0) is 19.9. The number of nitrogens with one attached hydrogen (secondary N) is 3. The molecule has 28 heavy (non-hydrogen) atoms. The summed E-state index contributed by atoms with van der Waals surface area (Å²) in [6.07, 6.45) is 1.34. The predicted molar refractivity (Wildman–Crippen MR) is 108 cm³/mol. The van der Waals surface area contributed by atoms with Gasteiger partial charge in [-0.25, -0.2) is 9.97 Å². The Balaban J connectivity index is 1.67. The molecule has 7 heteroatoms. The molecule has 0 fully saturated rings. The Morgan fingerprint density at radius 3 is 2.54 bits per heavy atom. The summed E-state index contributed by atoms with van der Waals surface area (Å²) in [4.78, 5) is 31.8. The molecule has 0 unspecified atom stereocenters. The lowest BCUT2D eigenvalue weighted by molar-refractivity contribution is -0.114. The third-order valence-corrected chi connectivity index (χ3v) is 4.06. The van der Waals surface area contributed by atoms with E-state index < -0.39 is 0 Å². The molecular weight excluding hydrogens is 354 g/mol. The highest BCUT2D eigenvalue weighted by atomic mass is 16.2. The minimum absolute atomic E-state index is 0.146. The van der Waals surface area contributed by atoms with Gasteiger partial charge in [-0.05, 0) is 36.2 Å². The predicted octanol–water partition coefficient (Wildman–Crippen LogP) is 3.42. The summed E-state index contributed by atoms with van der Waals surface area (Å²) in [5.41, 5.74) is 3.84. The number of carbonyl (C=O) groups excluding carboxylic acids is 2. The van der Waals surface area contributed by atoms with Gasteiger partial charge in [-0.3, -0.25) is 9.59 Å². The van der Waals surface area contributed by atoms with Crippen LogP contribution >= 0.6 is 0 Å². The van der Waals surface area contributed by atoms with Crippen molar-refractivity contribution in [2.75, 3.05) is 10.6 Å². The summed E-state index contributed by atoms with van der Waals surface area (Å²) in [5, 5.41) is 8.71. The highest BCUT2D eigenvalue weighted by Crippen LogP contribution is 2.19. The summed E-state index contributed by atoms with van der Waals surface area (Å²) < 4.78 is 0. The summed E-state index contributed by atoms with van der Waals surface area (Å²) in [7, 11) is 0. The standard InChI is InChI=1S/C21H21N5O2/c1-14-6-3-4-7-16(14)12-22-21(28)19-11-20(24-13-23-19)26-18-9-5-8-17(10-18)25-15(2)27/h3-11,13H,12H2,1-2H3,(H,22,28)(H,25,27)(H,23,24,26). The molecule has 3 N–H and O–H groups in total. The van der Waals surface area contributed by atoms with E-state index in [9.17, 15) is 9.59 Å². The molecule has 2 amide bonds. The van der Waals surface area contributed by atoms with Crippen LogP contribution in [-0.4, -0.2) is 21.8 Å². The number of hydrogen-bond acceptors (Lipinski definition) is 5. The highest BCUT2D eigenvalue weighted by Gasteiger charge is 2.09. The topological polar surface area (TPSA) is 96.0 Å². The molecule has 0 aliphatic rings. The highest BCUT2D eigenvalue weighted by molar-refractivity contribution is 5.93. The fourth-order valence-electron chi connectivity index (χ4n) is 2.65. The van der Waals surface area contributed by atoms with Gasteiger partial charge in [0, 0.05) is 30.9 Å². The number of rotatable bonds is 6. The molecular formula is C21H21N5O2. The number of aromatic nitrogens is 2. The molecule has 3 rings (SSSR count). The first-order valence-electron chi connectivity index (χ1n) is 8.81. The zero-order valence-corrected chi connectivity index (χ0v) is 15.7. The summed E-state index contributed by atoms with van der Waals surface area (Å²) >= 11 is 0. The van der Waals surface area contributed by atoms with Gasteiger partial charge >= 0.3 is 0 Å². The Labute approximate surface area is 163 Å². The fourth-order valence-corrected chi connectivity index (χ4v) is 2.65. The minimum Gasteiger partial charge on any atom is -0.347 e. The van der Waals surface area contributed by atoms with Crippen molar-refractivity contribution in [1.29, 1.82) is 0 Å². The van der Waals surface area contributed by atoms with E-state index in [0.717, 1.165) is 16.8 Å². The lowest BCUT2D eigenvalue weighted by Crippen LogP contribution is -2.24. The molecule has 0 aliphatic heterocycles. The number of benzene rings is 2. The van der Waals surface area contributed by atoms with E-state index in [1.165, 1.54) is 13.3 Å². The van der Waals surface area contributed by atoms with Crippen LogP contribution in [-0.2, 0) is 11.3 Å². The first-order chi connectivity index (χ1) is 13.5. The molecule has 142 valence electrons. The minimum atomic E-state index is -0.277. The van der Waals surface area contributed by atoms with Crippen molar-refractivity contribution in [3.05, 3.63) is 77.7 Å². The van der Waals surface area contributed by atoms with Gasteiger partial charge < -0.3 is 16.0 Å². The Bertz CT molecular complexity index is 1000. The van der Waals surface area contributed by atoms with Crippen molar-refractivity contribution in [2.24, 2.45) is 0 Å². The van der Waals surface area contributed by atoms with E-state index in [1.54, 1.807) is 18.2 Å². The van der Waals surface area contributed by atoms with Crippen LogP contribution < -0.4 is 16.0 Å². The van der Waals surface area contributed by atoms with Crippen molar-refractivity contribution >= 4 is 29.0 Å². The van der Waals surface area contributed by atoms with Gasteiger partial charge in [-0.15, -0.1) is 0 Å². The second-order valence-electron chi connectivity index (χ2n) is 6.28. The normalized spacial score (nSPS) is 10.2. The Hall–Kier alpha value is -3.74. The van der Waals surface area contributed by atoms with Crippen molar-refractivity contribution in [3.63, 3.8) is 0 Å². The largest absolute Gasteiger partial charge is 0.347 e. The number of amides is 2. The molecule has 2 aromatic carbocycles. The van der Waals surface area contributed by atoms with Crippen LogP contribution in [0.5, 0.6) is 0 Å². The van der Waals surface area contributed by atoms with Gasteiger partial charge in [0.1, 0.15) is 17.8 Å². The average Bonchev–Trinajstić information content (AvgIpc) is 2.67. The molecule has 0 aliphatic carbocycles. The summed E-state index contributed by atoms with van der Waals surface area (Å²) in [6.45, 7) is 3.88. The molecule has 7 nitrogen and oxygen atoms in total. The van der Waals surface area contributed by atoms with E-state index in [4.69, 9.17) is 0 Å². The third-order valence-electron chi connectivity index (χ3n) is 4.06. The Kier molecular flexibility index (Phi) is 5.96. The maximum atomic E-state index is 12.4. The Morgan fingerprint density at radius 2 is 1.75 bits per heavy atom. The SMILES string of the molecule is CC(=O)Nc1cccc(Nc2cc(C(=O)NCc3ccccc3C)ncn2)c1. The van der Waals surface area contributed by atoms with E-state index in [1.807, 2.05) is 43.3 Å². The number of anilines is 3. The van der Waals surface area contributed by atoms with Crippen LogP contribution in [0.3, 0.4) is 0 Å². The van der Waals surface area contributed by atoms with Crippen molar-refractivity contribution in [3.8, 4) is 0 Å². The number of hydrogen-bond donors (Lipinski definition) is 3. The molecule has 0 saturated carbocycles. The van der Waals surface area contributed by atoms with E-state index in [2.05, 4.69) is 25.9 Å². The zero-order valence-electron chi connectivity index (χ0n) is 15.7. The number of nitrogens with zero attached hydrogens (tertiary/aromatic N) is 2. The van der Waals surface area contributed by atoms with Gasteiger partial charge in [0.05, 0.1) is 0 Å². The van der Waals surface area contributed by atoms with E-state index in [-0.39, 0.29) is 17.5 Å². The third kappa shape index (κ3) is 5.14. The van der Waals surface area contributed by atoms with Crippen LogP contribution in [0, 0.1) is 6.92 Å². The van der Waals surface area contributed by atoms with Crippen molar-refractivity contribution in [2.45, 2.75) is 20.4 Å². The second-order valence-corrected chi connectivity index (χ2v) is 6.28. The molecule has 3 aromatic rings. The first-order valence-corrected chi connectivity index (χ1v) is 8.81.